The quantitative estimate of drug-likeness (QED) is 0.800. The SMILES string of the molecule is COc1ccccc1C(=O)N(C)C(C)(C)CBr. The van der Waals surface area contributed by atoms with Crippen molar-refractivity contribution in [2.75, 3.05) is 19.5 Å². The topological polar surface area (TPSA) is 29.5 Å². The van der Waals surface area contributed by atoms with Gasteiger partial charge in [-0.05, 0) is 26.0 Å². The first-order valence-electron chi connectivity index (χ1n) is 5.41. The van der Waals surface area contributed by atoms with Crippen molar-refractivity contribution in [1.82, 2.24) is 4.90 Å². The molecule has 1 amide bonds. The fraction of sp³-hybridized carbons (Fsp3) is 0.462. The third-order valence-electron chi connectivity index (χ3n) is 2.88. The van der Waals surface area contributed by atoms with Crippen LogP contribution in [0.1, 0.15) is 24.2 Å². The van der Waals surface area contributed by atoms with Crippen molar-refractivity contribution >= 4 is 21.8 Å². The standard InChI is InChI=1S/C13H18BrNO2/c1-13(2,9-14)15(3)12(16)10-7-5-6-8-11(10)17-4/h5-8H,9H2,1-4H3. The summed E-state index contributed by atoms with van der Waals surface area (Å²) in [5, 5.41) is 0.720. The number of para-hydroxylation sites is 1. The predicted molar refractivity (Wildman–Crippen MR) is 73.0 cm³/mol. The van der Waals surface area contributed by atoms with Gasteiger partial charge in [0.1, 0.15) is 5.75 Å². The van der Waals surface area contributed by atoms with E-state index in [-0.39, 0.29) is 11.4 Å². The molecule has 17 heavy (non-hydrogen) atoms. The summed E-state index contributed by atoms with van der Waals surface area (Å²) >= 11 is 3.42. The number of rotatable bonds is 4. The van der Waals surface area contributed by atoms with E-state index in [1.807, 2.05) is 26.0 Å². The maximum atomic E-state index is 12.4. The number of alkyl halides is 1. The second kappa shape index (κ2) is 5.54. The van der Waals surface area contributed by atoms with Crippen molar-refractivity contribution in [3.05, 3.63) is 29.8 Å². The highest BCUT2D eigenvalue weighted by Crippen LogP contribution is 2.23. The largest absolute Gasteiger partial charge is 0.496 e. The molecule has 0 aromatic heterocycles. The highest BCUT2D eigenvalue weighted by atomic mass is 79.9. The maximum absolute atomic E-state index is 12.4. The van der Waals surface area contributed by atoms with E-state index in [2.05, 4.69) is 15.9 Å². The molecule has 0 aliphatic heterocycles. The first-order valence-corrected chi connectivity index (χ1v) is 6.53. The van der Waals surface area contributed by atoms with Crippen molar-refractivity contribution in [1.29, 1.82) is 0 Å². The number of carbonyl (C=O) groups excluding carboxylic acids is 1. The van der Waals surface area contributed by atoms with E-state index < -0.39 is 0 Å². The number of amides is 1. The minimum atomic E-state index is -0.238. The number of carbonyl (C=O) groups is 1. The van der Waals surface area contributed by atoms with Crippen LogP contribution in [0, 0.1) is 0 Å². The number of methoxy groups -OCH3 is 1. The summed E-state index contributed by atoms with van der Waals surface area (Å²) in [5.74, 6) is 0.571. The average molecular weight is 300 g/mol. The van der Waals surface area contributed by atoms with Crippen molar-refractivity contribution in [2.45, 2.75) is 19.4 Å². The van der Waals surface area contributed by atoms with E-state index >= 15 is 0 Å². The van der Waals surface area contributed by atoms with Crippen molar-refractivity contribution in [2.24, 2.45) is 0 Å². The second-order valence-electron chi connectivity index (χ2n) is 4.51. The highest BCUT2D eigenvalue weighted by Gasteiger charge is 2.28. The normalized spacial score (nSPS) is 11.1. The van der Waals surface area contributed by atoms with Crippen LogP contribution >= 0.6 is 15.9 Å². The van der Waals surface area contributed by atoms with Crippen molar-refractivity contribution in [3.8, 4) is 5.75 Å². The average Bonchev–Trinajstić information content (AvgIpc) is 2.36. The van der Waals surface area contributed by atoms with Gasteiger partial charge >= 0.3 is 0 Å². The molecular weight excluding hydrogens is 282 g/mol. The Balaban J connectivity index is 3.04. The lowest BCUT2D eigenvalue weighted by atomic mass is 10.0. The summed E-state index contributed by atoms with van der Waals surface area (Å²) in [6, 6.07) is 7.26. The number of hydrogen-bond donors (Lipinski definition) is 0. The Morgan fingerprint density at radius 3 is 2.53 bits per heavy atom. The molecule has 4 heteroatoms. The van der Waals surface area contributed by atoms with Gasteiger partial charge < -0.3 is 9.64 Å². The Hall–Kier alpha value is -1.03. The van der Waals surface area contributed by atoms with Gasteiger partial charge in [-0.15, -0.1) is 0 Å². The lowest BCUT2D eigenvalue weighted by Crippen LogP contribution is -2.46. The van der Waals surface area contributed by atoms with Crippen LogP contribution in [0.15, 0.2) is 24.3 Å². The molecule has 0 heterocycles. The van der Waals surface area contributed by atoms with Gasteiger partial charge in [-0.2, -0.15) is 0 Å². The number of ether oxygens (including phenoxy) is 1. The molecule has 3 nitrogen and oxygen atoms in total. The number of nitrogens with zero attached hydrogens (tertiary/aromatic N) is 1. The van der Waals surface area contributed by atoms with E-state index in [0.717, 1.165) is 5.33 Å². The maximum Gasteiger partial charge on any atom is 0.257 e. The minimum Gasteiger partial charge on any atom is -0.496 e. The molecule has 0 fully saturated rings. The van der Waals surface area contributed by atoms with Gasteiger partial charge in [0.25, 0.3) is 5.91 Å². The van der Waals surface area contributed by atoms with Gasteiger partial charge in [0, 0.05) is 17.9 Å². The van der Waals surface area contributed by atoms with Crippen LogP contribution in [0.5, 0.6) is 5.75 Å². The molecule has 0 bridgehead atoms. The Kier molecular flexibility index (Phi) is 4.57. The van der Waals surface area contributed by atoms with Gasteiger partial charge in [0.2, 0.25) is 0 Å². The summed E-state index contributed by atoms with van der Waals surface area (Å²) in [6.45, 7) is 4.02. The van der Waals surface area contributed by atoms with Crippen LogP contribution in [0.25, 0.3) is 0 Å². The molecule has 0 spiro atoms. The zero-order valence-corrected chi connectivity index (χ0v) is 12.2. The minimum absolute atomic E-state index is 0.0353. The summed E-state index contributed by atoms with van der Waals surface area (Å²) in [5.41, 5.74) is 0.351. The third-order valence-corrected chi connectivity index (χ3v) is 4.25. The fourth-order valence-corrected chi connectivity index (χ4v) is 1.74. The van der Waals surface area contributed by atoms with Crippen LogP contribution in [0.4, 0.5) is 0 Å². The van der Waals surface area contributed by atoms with Crippen molar-refractivity contribution < 1.29 is 9.53 Å². The highest BCUT2D eigenvalue weighted by molar-refractivity contribution is 9.09. The van der Waals surface area contributed by atoms with E-state index in [1.54, 1.807) is 31.2 Å². The molecule has 1 rings (SSSR count). The fourth-order valence-electron chi connectivity index (χ4n) is 1.37. The number of benzene rings is 1. The van der Waals surface area contributed by atoms with Gasteiger partial charge in [-0.25, -0.2) is 0 Å². The molecule has 0 radical (unpaired) electrons. The molecule has 1 aromatic carbocycles. The smallest absolute Gasteiger partial charge is 0.257 e. The Morgan fingerprint density at radius 2 is 2.00 bits per heavy atom. The van der Waals surface area contributed by atoms with Gasteiger partial charge in [0.15, 0.2) is 0 Å². The summed E-state index contributed by atoms with van der Waals surface area (Å²) in [4.78, 5) is 14.1. The molecule has 0 aliphatic carbocycles. The van der Waals surface area contributed by atoms with Gasteiger partial charge in [-0.1, -0.05) is 28.1 Å². The molecular formula is C13H18BrNO2. The molecule has 0 unspecified atom stereocenters. The summed E-state index contributed by atoms with van der Waals surface area (Å²) < 4.78 is 5.20. The predicted octanol–water partition coefficient (Wildman–Crippen LogP) is 2.94. The van der Waals surface area contributed by atoms with E-state index in [0.29, 0.717) is 11.3 Å². The molecule has 0 atom stereocenters. The Morgan fingerprint density at radius 1 is 1.41 bits per heavy atom. The van der Waals surface area contributed by atoms with Crippen LogP contribution in [0.3, 0.4) is 0 Å². The van der Waals surface area contributed by atoms with Crippen LogP contribution < -0.4 is 4.74 Å². The molecule has 0 saturated carbocycles. The zero-order chi connectivity index (χ0) is 13.1. The summed E-state index contributed by atoms with van der Waals surface area (Å²) in [6.07, 6.45) is 0. The number of halogens is 1. The van der Waals surface area contributed by atoms with Gasteiger partial charge in [-0.3, -0.25) is 4.79 Å². The van der Waals surface area contributed by atoms with Crippen LogP contribution in [-0.4, -0.2) is 35.8 Å². The van der Waals surface area contributed by atoms with E-state index in [4.69, 9.17) is 4.74 Å². The Bertz CT molecular complexity index is 404. The van der Waals surface area contributed by atoms with E-state index in [9.17, 15) is 4.79 Å². The zero-order valence-electron chi connectivity index (χ0n) is 10.7. The summed E-state index contributed by atoms with van der Waals surface area (Å²) in [7, 11) is 3.37. The molecule has 1 aromatic rings. The lowest BCUT2D eigenvalue weighted by molar-refractivity contribution is 0.0660. The second-order valence-corrected chi connectivity index (χ2v) is 5.07. The molecule has 0 aliphatic rings. The molecule has 0 saturated heterocycles. The first-order chi connectivity index (χ1) is 7.94. The molecule has 0 N–H and O–H groups in total. The van der Waals surface area contributed by atoms with Crippen molar-refractivity contribution in [3.63, 3.8) is 0 Å². The number of hydrogen-bond acceptors (Lipinski definition) is 2. The monoisotopic (exact) mass is 299 g/mol. The first kappa shape index (κ1) is 14.0. The third kappa shape index (κ3) is 3.00. The van der Waals surface area contributed by atoms with Gasteiger partial charge in [0.05, 0.1) is 12.7 Å². The van der Waals surface area contributed by atoms with Crippen LogP contribution in [0.2, 0.25) is 0 Å². The van der Waals surface area contributed by atoms with E-state index in [1.165, 1.54) is 0 Å². The molecule has 94 valence electrons. The Labute approximate surface area is 111 Å². The lowest BCUT2D eigenvalue weighted by Gasteiger charge is -2.34. The van der Waals surface area contributed by atoms with Crippen LogP contribution in [-0.2, 0) is 0 Å².